The Hall–Kier alpha value is -6.53. The monoisotopic (exact) mass is 788 g/mol. The van der Waals surface area contributed by atoms with E-state index in [1.807, 2.05) is 146 Å². The Morgan fingerprint density at radius 2 is 1.11 bits per heavy atom. The van der Waals surface area contributed by atoms with E-state index in [1.54, 1.807) is 10.9 Å². The van der Waals surface area contributed by atoms with Gasteiger partial charge in [0, 0.05) is 11.1 Å². The molecule has 1 heterocycles. The van der Waals surface area contributed by atoms with Crippen molar-refractivity contribution >= 4 is 45.5 Å². The molecule has 0 spiro atoms. The van der Waals surface area contributed by atoms with Crippen LogP contribution in [0.1, 0.15) is 39.1 Å². The van der Waals surface area contributed by atoms with E-state index in [4.69, 9.17) is 15.7 Å². The van der Waals surface area contributed by atoms with Gasteiger partial charge in [-0.05, 0) is 33.4 Å². The molecule has 0 bridgehead atoms. The minimum atomic E-state index is -1.25. The number of aliphatic carboxylic acids is 1. The topological polar surface area (TPSA) is 125 Å². The second-order valence-electron chi connectivity index (χ2n) is 12.8. The van der Waals surface area contributed by atoms with Gasteiger partial charge in [0.15, 0.2) is 5.13 Å². The van der Waals surface area contributed by atoms with Crippen LogP contribution in [0.3, 0.4) is 0 Å². The van der Waals surface area contributed by atoms with E-state index in [2.05, 4.69) is 52.0 Å². The first-order chi connectivity index (χ1) is 28.0. The number of benzene rings is 6. The molecule has 4 N–H and O–H groups in total. The molecule has 6 aromatic carbocycles. The largest absolute Gasteiger partial charge is 0.476 e. The van der Waals surface area contributed by atoms with Gasteiger partial charge < -0.3 is 15.3 Å². The highest BCUT2D eigenvalue weighted by molar-refractivity contribution is 8.12. The molecule has 7 aromatic rings. The first kappa shape index (κ1) is 38.7. The minimum Gasteiger partial charge on any atom is -0.476 e. The van der Waals surface area contributed by atoms with Crippen molar-refractivity contribution in [2.45, 2.75) is 11.1 Å². The zero-order valence-corrected chi connectivity index (χ0v) is 32.5. The molecule has 57 heavy (non-hydrogen) atoms. The summed E-state index contributed by atoms with van der Waals surface area (Å²) in [6.07, 6.45) is 0. The van der Waals surface area contributed by atoms with E-state index in [9.17, 15) is 9.90 Å². The molecule has 284 valence electrons. The highest BCUT2D eigenvalue weighted by Crippen LogP contribution is 2.42. The van der Waals surface area contributed by atoms with Gasteiger partial charge in [-0.1, -0.05) is 187 Å². The zero-order chi connectivity index (χ0) is 39.3. The Balaban J connectivity index is 1.07. The maximum absolute atomic E-state index is 12.4. The van der Waals surface area contributed by atoms with Crippen molar-refractivity contribution in [2.75, 3.05) is 17.7 Å². The van der Waals surface area contributed by atoms with Gasteiger partial charge in [-0.2, -0.15) is 5.10 Å². The Kier molecular flexibility index (Phi) is 12.5. The summed E-state index contributed by atoms with van der Waals surface area (Å²) < 4.78 is 0. The zero-order valence-electron chi connectivity index (χ0n) is 30.8. The number of aromatic nitrogens is 1. The summed E-state index contributed by atoms with van der Waals surface area (Å²) in [4.78, 5) is 22.7. The number of hydrazine groups is 1. The van der Waals surface area contributed by atoms with Crippen molar-refractivity contribution in [1.29, 1.82) is 0 Å². The lowest BCUT2D eigenvalue weighted by Gasteiger charge is -2.40. The second kappa shape index (κ2) is 18.4. The highest BCUT2D eigenvalue weighted by Gasteiger charge is 2.41. The number of thioether (sulfide) groups is 1. The molecule has 0 amide bonds. The fraction of sp³-hybridized carbons (Fsp3) is 0.0870. The number of hydrogen-bond acceptors (Lipinski definition) is 10. The number of nitrogens with zero attached hydrogens (tertiary/aromatic N) is 4. The molecule has 0 radical (unpaired) electrons. The average molecular weight is 789 g/mol. The number of hydrazone groups is 1. The summed E-state index contributed by atoms with van der Waals surface area (Å²) in [6, 6.07) is 60.5. The van der Waals surface area contributed by atoms with Crippen molar-refractivity contribution in [3.05, 3.63) is 226 Å². The molecule has 9 nitrogen and oxygen atoms in total. The number of hydrogen-bond donors (Lipinski definition) is 3. The fourth-order valence-electron chi connectivity index (χ4n) is 6.93. The number of nitrogens with one attached hydrogen (secondary N) is 1. The first-order valence-electron chi connectivity index (χ1n) is 18.2. The number of carbonyl (C=O) groups is 1. The van der Waals surface area contributed by atoms with Crippen LogP contribution < -0.4 is 11.2 Å². The molecule has 0 aliphatic heterocycles. The maximum atomic E-state index is 12.4. The molecule has 0 atom stereocenters. The Bertz CT molecular complexity index is 2190. The summed E-state index contributed by atoms with van der Waals surface area (Å²) >= 11 is 2.66. The number of rotatable bonds is 17. The minimum absolute atomic E-state index is 0.119. The van der Waals surface area contributed by atoms with Crippen molar-refractivity contribution in [3.63, 3.8) is 0 Å². The third kappa shape index (κ3) is 8.36. The van der Waals surface area contributed by atoms with Crippen LogP contribution in [0.4, 0.5) is 5.13 Å². The molecular weight excluding hydrogens is 749 g/mol. The Labute approximate surface area is 340 Å². The van der Waals surface area contributed by atoms with Crippen LogP contribution in [0.25, 0.3) is 0 Å². The standard InChI is InChI=1S/C46H40N6O3S2/c47-52(46(38-25-13-4-14-26-38,39-27-15-5-16-28-39)40-29-17-6-18-30-40)48-34-56-32-31-55-51-42(43(53)54)41-33-57-44(49-41)50-45(35-19-7-1-8-20-35,36-21-9-2-10-22-36)37-23-11-3-12-24-37/h1-30,33-34H,31-32,47H2,(H,49,50)(H,53,54)/b48-34-,51-42-. The van der Waals surface area contributed by atoms with Gasteiger partial charge in [0.25, 0.3) is 0 Å². The molecule has 7 rings (SSSR count). The highest BCUT2D eigenvalue weighted by atomic mass is 32.2. The van der Waals surface area contributed by atoms with Gasteiger partial charge in [0.05, 0.1) is 5.55 Å². The lowest BCUT2D eigenvalue weighted by Crippen LogP contribution is -2.49. The third-order valence-corrected chi connectivity index (χ3v) is 10.9. The van der Waals surface area contributed by atoms with Gasteiger partial charge in [-0.15, -0.1) is 23.1 Å². The van der Waals surface area contributed by atoms with Crippen LogP contribution in [0.15, 0.2) is 198 Å². The predicted octanol–water partition coefficient (Wildman–Crippen LogP) is 9.20. The molecule has 0 saturated carbocycles. The summed E-state index contributed by atoms with van der Waals surface area (Å²) in [5.41, 5.74) is 5.67. The fourth-order valence-corrected chi connectivity index (χ4v) is 8.13. The van der Waals surface area contributed by atoms with Crippen LogP contribution in [-0.4, -0.2) is 44.8 Å². The molecular formula is C46H40N6O3S2. The number of oxime groups is 1. The summed E-state index contributed by atoms with van der Waals surface area (Å²) in [5, 5.41) is 26.2. The Morgan fingerprint density at radius 3 is 1.51 bits per heavy atom. The van der Waals surface area contributed by atoms with Gasteiger partial charge in [0.1, 0.15) is 23.4 Å². The van der Waals surface area contributed by atoms with Gasteiger partial charge >= 0.3 is 5.97 Å². The van der Waals surface area contributed by atoms with Crippen LogP contribution in [0.5, 0.6) is 0 Å². The smallest absolute Gasteiger partial charge is 0.360 e. The van der Waals surface area contributed by atoms with Crippen LogP contribution in [0, 0.1) is 0 Å². The van der Waals surface area contributed by atoms with E-state index < -0.39 is 17.0 Å². The Morgan fingerprint density at radius 1 is 0.702 bits per heavy atom. The number of carboxylic acid groups (broad SMARTS) is 1. The van der Waals surface area contributed by atoms with E-state index >= 15 is 0 Å². The summed E-state index contributed by atoms with van der Waals surface area (Å²) in [7, 11) is 0. The second-order valence-corrected chi connectivity index (χ2v) is 14.6. The predicted molar refractivity (Wildman–Crippen MR) is 231 cm³/mol. The summed E-state index contributed by atoms with van der Waals surface area (Å²) in [6.45, 7) is 0.119. The molecule has 1 aromatic heterocycles. The first-order valence-corrected chi connectivity index (χ1v) is 20.2. The number of thiazole rings is 1. The quantitative estimate of drug-likeness (QED) is 0.0208. The van der Waals surface area contributed by atoms with Crippen LogP contribution >= 0.6 is 23.1 Å². The maximum Gasteiger partial charge on any atom is 0.360 e. The van der Waals surface area contributed by atoms with E-state index in [-0.39, 0.29) is 18.0 Å². The van der Waals surface area contributed by atoms with Gasteiger partial charge in [-0.25, -0.2) is 20.7 Å². The summed E-state index contributed by atoms with van der Waals surface area (Å²) in [5.74, 6) is 6.04. The van der Waals surface area contributed by atoms with Crippen molar-refractivity contribution < 1.29 is 14.7 Å². The van der Waals surface area contributed by atoms with Crippen molar-refractivity contribution in [2.24, 2.45) is 16.1 Å². The van der Waals surface area contributed by atoms with Crippen LogP contribution in [-0.2, 0) is 20.7 Å². The van der Waals surface area contributed by atoms with Crippen molar-refractivity contribution in [3.8, 4) is 0 Å². The molecule has 0 aliphatic carbocycles. The van der Waals surface area contributed by atoms with E-state index in [0.29, 0.717) is 10.9 Å². The average Bonchev–Trinajstić information content (AvgIpc) is 3.73. The lowest BCUT2D eigenvalue weighted by atomic mass is 9.77. The third-order valence-electron chi connectivity index (χ3n) is 9.48. The van der Waals surface area contributed by atoms with E-state index in [1.165, 1.54) is 28.2 Å². The number of nitrogens with two attached hydrogens (primary N) is 1. The number of anilines is 1. The van der Waals surface area contributed by atoms with E-state index in [0.717, 1.165) is 33.4 Å². The number of carboxylic acids is 1. The van der Waals surface area contributed by atoms with Gasteiger partial charge in [-0.3, -0.25) is 0 Å². The normalized spacial score (nSPS) is 12.0. The molecule has 0 fully saturated rings. The molecule has 11 heteroatoms. The van der Waals surface area contributed by atoms with Gasteiger partial charge in [0.2, 0.25) is 5.71 Å². The SMILES string of the molecule is NN(/N=C\SCCO/N=C(\C(=O)O)c1csc(NC(c2ccccc2)(c2ccccc2)c2ccccc2)n1)C(c1ccccc1)(c1ccccc1)c1ccccc1. The molecule has 0 saturated heterocycles. The molecule has 0 unspecified atom stereocenters. The molecule has 0 aliphatic rings. The van der Waals surface area contributed by atoms with Crippen LogP contribution in [0.2, 0.25) is 0 Å². The lowest BCUT2D eigenvalue weighted by molar-refractivity contribution is -0.129. The van der Waals surface area contributed by atoms with Crippen molar-refractivity contribution in [1.82, 2.24) is 10.1 Å².